The highest BCUT2D eigenvalue weighted by atomic mass is 16.6. The summed E-state index contributed by atoms with van der Waals surface area (Å²) in [6.07, 6.45) is 0.681. The molecule has 1 aromatic rings. The second-order valence-corrected chi connectivity index (χ2v) is 4.55. The minimum Gasteiger partial charge on any atom is -0.478 e. The van der Waals surface area contributed by atoms with E-state index in [1.807, 2.05) is 35.2 Å². The van der Waals surface area contributed by atoms with E-state index in [4.69, 9.17) is 9.47 Å². The van der Waals surface area contributed by atoms with Gasteiger partial charge in [0.2, 0.25) is 6.04 Å². The lowest BCUT2D eigenvalue weighted by atomic mass is 10.0. The molecule has 1 aliphatic rings. The summed E-state index contributed by atoms with van der Waals surface area (Å²) in [6, 6.07) is 8.98. The fourth-order valence-electron chi connectivity index (χ4n) is 2.22. The number of likely N-dealkylation sites (tertiary alicyclic amines) is 1. The maximum atomic E-state index is 10.8. The minimum absolute atomic E-state index is 0.221. The molecule has 104 valence electrons. The summed E-state index contributed by atoms with van der Waals surface area (Å²) in [5.74, 6) is 0.786. The summed E-state index contributed by atoms with van der Waals surface area (Å²) in [5.41, 5.74) is 0. The van der Waals surface area contributed by atoms with Crippen molar-refractivity contribution in [2.75, 3.05) is 20.4 Å². The van der Waals surface area contributed by atoms with Crippen LogP contribution < -0.4 is 4.74 Å². The summed E-state index contributed by atoms with van der Waals surface area (Å²) < 4.78 is 11.0. The van der Waals surface area contributed by atoms with Crippen molar-refractivity contribution < 1.29 is 14.4 Å². The van der Waals surface area contributed by atoms with Crippen LogP contribution in [-0.4, -0.2) is 42.5 Å². The van der Waals surface area contributed by atoms with Gasteiger partial charge in [-0.15, -0.1) is 0 Å². The highest BCUT2D eigenvalue weighted by Crippen LogP contribution is 2.20. The molecule has 2 atom stereocenters. The molecule has 1 aromatic carbocycles. The van der Waals surface area contributed by atoms with Gasteiger partial charge in [0.15, 0.2) is 0 Å². The molecule has 0 saturated carbocycles. The van der Waals surface area contributed by atoms with E-state index in [2.05, 4.69) is 0 Å². The Morgan fingerprint density at radius 2 is 2.16 bits per heavy atom. The summed E-state index contributed by atoms with van der Waals surface area (Å²) in [6.45, 7) is 0.990. The van der Waals surface area contributed by atoms with E-state index in [9.17, 15) is 10.1 Å². The molecule has 0 N–H and O–H groups in total. The van der Waals surface area contributed by atoms with Crippen molar-refractivity contribution in [2.24, 2.45) is 0 Å². The summed E-state index contributed by atoms with van der Waals surface area (Å²) in [7, 11) is 1.57. The van der Waals surface area contributed by atoms with Crippen LogP contribution in [0.5, 0.6) is 5.75 Å². The SMILES string of the molecule is COC1CC([N+](=O)[O-])CCN1COc1ccccc1. The first-order valence-corrected chi connectivity index (χ1v) is 6.29. The maximum Gasteiger partial charge on any atom is 0.218 e. The molecule has 19 heavy (non-hydrogen) atoms. The van der Waals surface area contributed by atoms with E-state index in [1.54, 1.807) is 7.11 Å². The zero-order chi connectivity index (χ0) is 13.7. The topological polar surface area (TPSA) is 64.8 Å². The number of para-hydroxylation sites is 1. The van der Waals surface area contributed by atoms with E-state index in [1.165, 1.54) is 0 Å². The van der Waals surface area contributed by atoms with Crippen LogP contribution in [0.2, 0.25) is 0 Å². The number of nitro groups is 1. The standard InChI is InChI=1S/C13H18N2O4/c1-18-13-9-11(15(16)17)7-8-14(13)10-19-12-5-3-2-4-6-12/h2-6,11,13H,7-10H2,1H3. The number of hydrogen-bond acceptors (Lipinski definition) is 5. The van der Waals surface area contributed by atoms with Gasteiger partial charge in [0.1, 0.15) is 18.7 Å². The number of nitrogens with zero attached hydrogens (tertiary/aromatic N) is 2. The van der Waals surface area contributed by atoms with Gasteiger partial charge in [-0.2, -0.15) is 0 Å². The van der Waals surface area contributed by atoms with Crippen molar-refractivity contribution in [3.63, 3.8) is 0 Å². The number of ether oxygens (including phenoxy) is 2. The van der Waals surface area contributed by atoms with Crippen LogP contribution in [-0.2, 0) is 4.74 Å². The predicted octanol–water partition coefficient (Wildman–Crippen LogP) is 1.74. The average Bonchev–Trinajstić information content (AvgIpc) is 2.45. The van der Waals surface area contributed by atoms with Crippen molar-refractivity contribution in [2.45, 2.75) is 25.1 Å². The predicted molar refractivity (Wildman–Crippen MR) is 69.5 cm³/mol. The Kier molecular flexibility index (Phi) is 4.70. The van der Waals surface area contributed by atoms with E-state index >= 15 is 0 Å². The van der Waals surface area contributed by atoms with E-state index in [-0.39, 0.29) is 11.2 Å². The van der Waals surface area contributed by atoms with Gasteiger partial charge in [-0.25, -0.2) is 4.90 Å². The quantitative estimate of drug-likeness (QED) is 0.600. The van der Waals surface area contributed by atoms with Gasteiger partial charge >= 0.3 is 0 Å². The van der Waals surface area contributed by atoms with Crippen molar-refractivity contribution in [3.05, 3.63) is 40.4 Å². The molecule has 0 amide bonds. The van der Waals surface area contributed by atoms with Crippen LogP contribution in [0.4, 0.5) is 0 Å². The van der Waals surface area contributed by atoms with Crippen LogP contribution in [0.1, 0.15) is 12.8 Å². The Bertz CT molecular complexity index is 412. The normalized spacial score (nSPS) is 24.1. The Morgan fingerprint density at radius 3 is 2.79 bits per heavy atom. The third-order valence-corrected chi connectivity index (χ3v) is 3.34. The second-order valence-electron chi connectivity index (χ2n) is 4.55. The molecular weight excluding hydrogens is 248 g/mol. The van der Waals surface area contributed by atoms with Gasteiger partial charge in [-0.1, -0.05) is 18.2 Å². The zero-order valence-electron chi connectivity index (χ0n) is 10.9. The van der Waals surface area contributed by atoms with Crippen LogP contribution in [0.25, 0.3) is 0 Å². The molecule has 0 spiro atoms. The number of rotatable bonds is 5. The number of methoxy groups -OCH3 is 1. The Balaban J connectivity index is 1.88. The largest absolute Gasteiger partial charge is 0.478 e. The van der Waals surface area contributed by atoms with Crippen molar-refractivity contribution in [1.29, 1.82) is 0 Å². The van der Waals surface area contributed by atoms with Gasteiger partial charge in [-0.05, 0) is 12.1 Å². The van der Waals surface area contributed by atoms with Crippen LogP contribution in [0.15, 0.2) is 30.3 Å². The van der Waals surface area contributed by atoms with Crippen LogP contribution in [0, 0.1) is 10.1 Å². The summed E-state index contributed by atoms with van der Waals surface area (Å²) >= 11 is 0. The molecule has 0 radical (unpaired) electrons. The zero-order valence-corrected chi connectivity index (χ0v) is 10.9. The number of benzene rings is 1. The first kappa shape index (κ1) is 13.8. The Labute approximate surface area is 112 Å². The smallest absolute Gasteiger partial charge is 0.218 e. The number of hydrogen-bond donors (Lipinski definition) is 0. The highest BCUT2D eigenvalue weighted by molar-refractivity contribution is 5.20. The molecule has 6 nitrogen and oxygen atoms in total. The average molecular weight is 266 g/mol. The van der Waals surface area contributed by atoms with Gasteiger partial charge in [-0.3, -0.25) is 10.1 Å². The molecule has 0 bridgehead atoms. The van der Waals surface area contributed by atoms with Gasteiger partial charge in [0.25, 0.3) is 0 Å². The third-order valence-electron chi connectivity index (χ3n) is 3.34. The maximum absolute atomic E-state index is 10.8. The molecule has 0 aromatic heterocycles. The molecule has 1 fully saturated rings. The summed E-state index contributed by atoms with van der Waals surface area (Å²) in [4.78, 5) is 12.6. The van der Waals surface area contributed by atoms with E-state index in [0.717, 1.165) is 5.75 Å². The lowest BCUT2D eigenvalue weighted by Crippen LogP contribution is -2.48. The molecule has 1 saturated heterocycles. The van der Waals surface area contributed by atoms with Crippen LogP contribution >= 0.6 is 0 Å². The third kappa shape index (κ3) is 3.65. The van der Waals surface area contributed by atoms with Crippen molar-refractivity contribution in [1.82, 2.24) is 4.90 Å². The first-order valence-electron chi connectivity index (χ1n) is 6.29. The monoisotopic (exact) mass is 266 g/mol. The Morgan fingerprint density at radius 1 is 1.42 bits per heavy atom. The fraction of sp³-hybridized carbons (Fsp3) is 0.538. The van der Waals surface area contributed by atoms with Crippen LogP contribution in [0.3, 0.4) is 0 Å². The molecule has 2 rings (SSSR count). The fourth-order valence-corrected chi connectivity index (χ4v) is 2.22. The number of piperidine rings is 1. The molecule has 6 heteroatoms. The van der Waals surface area contributed by atoms with E-state index in [0.29, 0.717) is 26.1 Å². The van der Waals surface area contributed by atoms with Gasteiger partial charge < -0.3 is 9.47 Å². The van der Waals surface area contributed by atoms with Gasteiger partial charge in [0, 0.05) is 25.0 Å². The second kappa shape index (κ2) is 6.49. The lowest BCUT2D eigenvalue weighted by Gasteiger charge is -2.34. The summed E-state index contributed by atoms with van der Waals surface area (Å²) in [5, 5.41) is 10.8. The van der Waals surface area contributed by atoms with Crippen molar-refractivity contribution in [3.8, 4) is 5.75 Å². The van der Waals surface area contributed by atoms with Crippen molar-refractivity contribution >= 4 is 0 Å². The van der Waals surface area contributed by atoms with E-state index < -0.39 is 6.04 Å². The molecule has 1 aliphatic heterocycles. The lowest BCUT2D eigenvalue weighted by molar-refractivity contribution is -0.531. The minimum atomic E-state index is -0.516. The highest BCUT2D eigenvalue weighted by Gasteiger charge is 2.34. The molecule has 1 heterocycles. The molecule has 0 aliphatic carbocycles. The molecular formula is C13H18N2O4. The molecule has 2 unspecified atom stereocenters. The Hall–Kier alpha value is -1.66. The first-order chi connectivity index (χ1) is 9.20. The van der Waals surface area contributed by atoms with Gasteiger partial charge in [0.05, 0.1) is 6.42 Å².